The van der Waals surface area contributed by atoms with Gasteiger partial charge in [-0.15, -0.1) is 0 Å². The lowest BCUT2D eigenvalue weighted by Gasteiger charge is -2.27. The summed E-state index contributed by atoms with van der Waals surface area (Å²) in [6.07, 6.45) is 3.47. The van der Waals surface area contributed by atoms with Gasteiger partial charge in [0, 0.05) is 13.0 Å². The molecule has 2 amide bonds. The largest absolute Gasteiger partial charge is 0.480 e. The highest BCUT2D eigenvalue weighted by molar-refractivity contribution is 5.88. The number of likely N-dealkylation sites (tertiary alicyclic amines) is 1. The van der Waals surface area contributed by atoms with Crippen molar-refractivity contribution in [3.63, 3.8) is 0 Å². The molecule has 6 heteroatoms. The summed E-state index contributed by atoms with van der Waals surface area (Å²) in [7, 11) is 0. The number of hydrogen-bond donors (Lipinski definition) is 2. The van der Waals surface area contributed by atoms with Gasteiger partial charge in [-0.2, -0.15) is 0 Å². The van der Waals surface area contributed by atoms with Crippen LogP contribution in [-0.2, 0) is 14.4 Å². The van der Waals surface area contributed by atoms with Crippen LogP contribution in [0.15, 0.2) is 0 Å². The number of carbonyl (C=O) groups excluding carboxylic acids is 2. The van der Waals surface area contributed by atoms with E-state index in [1.165, 1.54) is 11.8 Å². The Labute approximate surface area is 105 Å². The normalized spacial score (nSPS) is 30.1. The van der Waals surface area contributed by atoms with Crippen LogP contribution in [0.1, 0.15) is 32.6 Å². The van der Waals surface area contributed by atoms with E-state index in [0.29, 0.717) is 12.3 Å². The van der Waals surface area contributed by atoms with E-state index in [2.05, 4.69) is 5.32 Å². The zero-order valence-electron chi connectivity index (χ0n) is 10.4. The van der Waals surface area contributed by atoms with Gasteiger partial charge in [0.15, 0.2) is 0 Å². The maximum atomic E-state index is 12.1. The number of rotatable bonds is 3. The Morgan fingerprint density at radius 1 is 1.33 bits per heavy atom. The third-order valence-corrected chi connectivity index (χ3v) is 3.90. The van der Waals surface area contributed by atoms with E-state index in [1.54, 1.807) is 0 Å². The molecule has 1 heterocycles. The number of hydrogen-bond acceptors (Lipinski definition) is 3. The fourth-order valence-corrected chi connectivity index (χ4v) is 3.16. The van der Waals surface area contributed by atoms with Gasteiger partial charge in [0.2, 0.25) is 11.8 Å². The molecule has 0 spiro atoms. The maximum Gasteiger partial charge on any atom is 0.326 e. The Morgan fingerprint density at radius 3 is 2.67 bits per heavy atom. The zero-order valence-corrected chi connectivity index (χ0v) is 10.4. The topological polar surface area (TPSA) is 86.7 Å². The summed E-state index contributed by atoms with van der Waals surface area (Å²) in [5, 5.41) is 11.6. The number of aliphatic carboxylic acids is 1. The van der Waals surface area contributed by atoms with E-state index in [4.69, 9.17) is 0 Å². The Morgan fingerprint density at radius 2 is 2.06 bits per heavy atom. The smallest absolute Gasteiger partial charge is 0.326 e. The summed E-state index contributed by atoms with van der Waals surface area (Å²) >= 11 is 0. The first kappa shape index (κ1) is 12.9. The molecule has 2 rings (SSSR count). The third-order valence-electron chi connectivity index (χ3n) is 3.90. The van der Waals surface area contributed by atoms with Crippen molar-refractivity contribution >= 4 is 17.8 Å². The van der Waals surface area contributed by atoms with Gasteiger partial charge in [0.05, 0.1) is 6.54 Å². The van der Waals surface area contributed by atoms with Crippen LogP contribution in [0.4, 0.5) is 0 Å². The average Bonchev–Trinajstić information content (AvgIpc) is 2.84. The van der Waals surface area contributed by atoms with Crippen molar-refractivity contribution < 1.29 is 19.5 Å². The second-order valence-electron chi connectivity index (χ2n) is 5.06. The van der Waals surface area contributed by atoms with E-state index in [-0.39, 0.29) is 24.4 Å². The minimum Gasteiger partial charge on any atom is -0.480 e. The lowest BCUT2D eigenvalue weighted by molar-refractivity contribution is -0.149. The van der Waals surface area contributed by atoms with Gasteiger partial charge in [-0.05, 0) is 25.2 Å². The number of carboxylic acids is 1. The van der Waals surface area contributed by atoms with Crippen molar-refractivity contribution in [2.24, 2.45) is 5.92 Å². The molecule has 0 aromatic rings. The van der Waals surface area contributed by atoms with Crippen molar-refractivity contribution in [1.82, 2.24) is 10.2 Å². The van der Waals surface area contributed by atoms with Gasteiger partial charge < -0.3 is 15.3 Å². The van der Waals surface area contributed by atoms with Crippen molar-refractivity contribution in [2.45, 2.75) is 44.7 Å². The Balaban J connectivity index is 2.08. The first-order valence-electron chi connectivity index (χ1n) is 6.29. The number of amides is 2. The molecule has 100 valence electrons. The second-order valence-corrected chi connectivity index (χ2v) is 5.06. The van der Waals surface area contributed by atoms with Crippen LogP contribution in [0.2, 0.25) is 0 Å². The van der Waals surface area contributed by atoms with Crippen LogP contribution in [0.5, 0.6) is 0 Å². The molecule has 2 fully saturated rings. The quantitative estimate of drug-likeness (QED) is 0.741. The van der Waals surface area contributed by atoms with Crippen molar-refractivity contribution in [3.05, 3.63) is 0 Å². The molecule has 0 radical (unpaired) electrons. The standard InChI is InChI=1S/C12H18N2O4/c1-7(15)13-6-11(16)14-9-4-2-3-8(9)5-10(14)12(17)18/h8-10H,2-6H2,1H3,(H,13,15)(H,17,18)/t8-,9-,10-/m0/s1. The van der Waals surface area contributed by atoms with E-state index in [9.17, 15) is 19.5 Å². The van der Waals surface area contributed by atoms with E-state index in [0.717, 1.165) is 19.3 Å². The molecule has 1 saturated carbocycles. The third kappa shape index (κ3) is 2.32. The Kier molecular flexibility index (Phi) is 3.54. The summed E-state index contributed by atoms with van der Waals surface area (Å²) in [6.45, 7) is 1.23. The van der Waals surface area contributed by atoms with Gasteiger partial charge in [-0.1, -0.05) is 6.42 Å². The van der Waals surface area contributed by atoms with Gasteiger partial charge in [0.25, 0.3) is 0 Å². The summed E-state index contributed by atoms with van der Waals surface area (Å²) in [5.74, 6) is -1.20. The van der Waals surface area contributed by atoms with E-state index in [1.807, 2.05) is 0 Å². The number of nitrogens with zero attached hydrogens (tertiary/aromatic N) is 1. The van der Waals surface area contributed by atoms with Crippen molar-refractivity contribution in [1.29, 1.82) is 0 Å². The van der Waals surface area contributed by atoms with Gasteiger partial charge >= 0.3 is 5.97 Å². The molecule has 2 N–H and O–H groups in total. The molecule has 1 aliphatic carbocycles. The predicted molar refractivity (Wildman–Crippen MR) is 62.7 cm³/mol. The molecule has 3 atom stereocenters. The van der Waals surface area contributed by atoms with Crippen LogP contribution in [0.3, 0.4) is 0 Å². The molecule has 0 unspecified atom stereocenters. The minimum absolute atomic E-state index is 0.0485. The van der Waals surface area contributed by atoms with Crippen LogP contribution in [0.25, 0.3) is 0 Å². The summed E-state index contributed by atoms with van der Waals surface area (Å²) in [4.78, 5) is 35.5. The molecule has 1 aliphatic heterocycles. The van der Waals surface area contributed by atoms with Crippen LogP contribution < -0.4 is 5.32 Å². The molecule has 18 heavy (non-hydrogen) atoms. The van der Waals surface area contributed by atoms with E-state index >= 15 is 0 Å². The number of nitrogens with one attached hydrogen (secondary N) is 1. The lowest BCUT2D eigenvalue weighted by Crippen LogP contribution is -2.48. The average molecular weight is 254 g/mol. The SMILES string of the molecule is CC(=O)NCC(=O)N1[C@H](C(=O)O)C[C@@H]2CCC[C@@H]21. The van der Waals surface area contributed by atoms with Gasteiger partial charge in [-0.3, -0.25) is 9.59 Å². The van der Waals surface area contributed by atoms with Crippen molar-refractivity contribution in [2.75, 3.05) is 6.54 Å². The summed E-state index contributed by atoms with van der Waals surface area (Å²) < 4.78 is 0. The molecular formula is C12H18N2O4. The summed E-state index contributed by atoms with van der Waals surface area (Å²) in [5.41, 5.74) is 0. The van der Waals surface area contributed by atoms with Crippen LogP contribution in [0, 0.1) is 5.92 Å². The number of fused-ring (bicyclic) bond motifs is 1. The highest BCUT2D eigenvalue weighted by Gasteiger charge is 2.48. The predicted octanol–water partition coefficient (Wildman–Crippen LogP) is -0.0233. The highest BCUT2D eigenvalue weighted by Crippen LogP contribution is 2.41. The highest BCUT2D eigenvalue weighted by atomic mass is 16.4. The molecular weight excluding hydrogens is 236 g/mol. The van der Waals surface area contributed by atoms with Crippen LogP contribution in [-0.4, -0.2) is 46.4 Å². The first-order chi connectivity index (χ1) is 8.50. The maximum absolute atomic E-state index is 12.1. The molecule has 0 bridgehead atoms. The number of carboxylic acid groups (broad SMARTS) is 1. The monoisotopic (exact) mass is 254 g/mol. The fourth-order valence-electron chi connectivity index (χ4n) is 3.16. The molecule has 0 aromatic heterocycles. The molecule has 0 aromatic carbocycles. The Hall–Kier alpha value is -1.59. The van der Waals surface area contributed by atoms with Crippen molar-refractivity contribution in [3.8, 4) is 0 Å². The second kappa shape index (κ2) is 4.96. The van der Waals surface area contributed by atoms with Gasteiger partial charge in [0.1, 0.15) is 6.04 Å². The fraction of sp³-hybridized carbons (Fsp3) is 0.750. The summed E-state index contributed by atoms with van der Waals surface area (Å²) in [6, 6.07) is -0.672. The van der Waals surface area contributed by atoms with Crippen LogP contribution >= 0.6 is 0 Å². The first-order valence-corrected chi connectivity index (χ1v) is 6.29. The zero-order chi connectivity index (χ0) is 13.3. The Bertz CT molecular complexity index is 382. The molecule has 2 aliphatic rings. The minimum atomic E-state index is -0.944. The number of carbonyl (C=O) groups is 3. The van der Waals surface area contributed by atoms with E-state index < -0.39 is 12.0 Å². The molecule has 1 saturated heterocycles. The molecule has 6 nitrogen and oxygen atoms in total. The van der Waals surface area contributed by atoms with Gasteiger partial charge in [-0.25, -0.2) is 4.79 Å². The lowest BCUT2D eigenvalue weighted by atomic mass is 10.0.